The molecule has 1 aromatic carbocycles. The van der Waals surface area contributed by atoms with E-state index in [1.54, 1.807) is 35.8 Å². The zero-order valence-corrected chi connectivity index (χ0v) is 17.0. The molecule has 4 rings (SSSR count). The summed E-state index contributed by atoms with van der Waals surface area (Å²) in [6.07, 6.45) is 3.90. The van der Waals surface area contributed by atoms with Crippen LogP contribution in [0.2, 0.25) is 0 Å². The lowest BCUT2D eigenvalue weighted by Crippen LogP contribution is -2.22. The van der Waals surface area contributed by atoms with Crippen molar-refractivity contribution in [3.63, 3.8) is 0 Å². The molecule has 2 heterocycles. The molecule has 142 valence electrons. The number of aryl methyl sites for hydroxylation is 1. The van der Waals surface area contributed by atoms with Crippen LogP contribution in [0.4, 0.5) is 5.69 Å². The van der Waals surface area contributed by atoms with Gasteiger partial charge in [-0.1, -0.05) is 6.07 Å². The van der Waals surface area contributed by atoms with Crippen molar-refractivity contribution in [2.24, 2.45) is 4.99 Å². The van der Waals surface area contributed by atoms with Gasteiger partial charge in [-0.2, -0.15) is 0 Å². The van der Waals surface area contributed by atoms with E-state index in [-0.39, 0.29) is 4.90 Å². The predicted octanol–water partition coefficient (Wildman–Crippen LogP) is 3.94. The molecule has 0 aliphatic heterocycles. The highest BCUT2D eigenvalue weighted by atomic mass is 32.2. The van der Waals surface area contributed by atoms with Gasteiger partial charge in [0, 0.05) is 25.5 Å². The number of furan rings is 1. The van der Waals surface area contributed by atoms with E-state index < -0.39 is 10.0 Å². The quantitative estimate of drug-likeness (QED) is 0.648. The van der Waals surface area contributed by atoms with Crippen LogP contribution in [0.5, 0.6) is 0 Å². The second-order valence-corrected chi connectivity index (χ2v) is 9.82. The zero-order chi connectivity index (χ0) is 19.2. The third-order valence-electron chi connectivity index (χ3n) is 4.60. The molecule has 1 saturated carbocycles. The molecular formula is C19H21N3O3S2. The van der Waals surface area contributed by atoms with Crippen LogP contribution < -0.4 is 4.80 Å². The second-order valence-electron chi connectivity index (χ2n) is 6.83. The first kappa shape index (κ1) is 18.2. The molecule has 27 heavy (non-hydrogen) atoms. The van der Waals surface area contributed by atoms with Crippen molar-refractivity contribution in [1.82, 2.24) is 8.87 Å². The molecule has 0 amide bonds. The van der Waals surface area contributed by atoms with Gasteiger partial charge in [-0.15, -0.1) is 11.3 Å². The Bertz CT molecular complexity index is 1140. The Kier molecular flexibility index (Phi) is 4.57. The number of rotatable bonds is 5. The minimum Gasteiger partial charge on any atom is -0.463 e. The smallest absolute Gasteiger partial charge is 0.242 e. The summed E-state index contributed by atoms with van der Waals surface area (Å²) in [5.74, 6) is 0.820. The Balaban J connectivity index is 1.86. The predicted molar refractivity (Wildman–Crippen MR) is 106 cm³/mol. The lowest BCUT2D eigenvalue weighted by Gasteiger charge is -2.12. The van der Waals surface area contributed by atoms with Gasteiger partial charge in [0.1, 0.15) is 0 Å². The van der Waals surface area contributed by atoms with Crippen LogP contribution in [0.1, 0.15) is 24.4 Å². The van der Waals surface area contributed by atoms with Crippen molar-refractivity contribution < 1.29 is 12.8 Å². The normalized spacial score (nSPS) is 15.6. The molecule has 0 bridgehead atoms. The third-order valence-corrected chi connectivity index (χ3v) is 7.25. The fourth-order valence-corrected chi connectivity index (χ4v) is 4.76. The van der Waals surface area contributed by atoms with Crippen LogP contribution in [0, 0.1) is 6.92 Å². The molecule has 6 nitrogen and oxygen atoms in total. The van der Waals surface area contributed by atoms with E-state index in [4.69, 9.17) is 9.41 Å². The second kappa shape index (κ2) is 6.78. The van der Waals surface area contributed by atoms with Gasteiger partial charge in [-0.05, 0) is 49.6 Å². The Labute approximate surface area is 162 Å². The first-order chi connectivity index (χ1) is 12.9. The SMILES string of the molecule is Cc1ccc(S(=O)(=O)N(C)C)cc1N=c1scc(-c2ccco2)n1C1CC1. The average Bonchev–Trinajstić information content (AvgIpc) is 3.16. The number of nitrogens with zero attached hydrogens (tertiary/aromatic N) is 3. The van der Waals surface area contributed by atoms with E-state index in [0.29, 0.717) is 11.7 Å². The van der Waals surface area contributed by atoms with Crippen molar-refractivity contribution in [3.8, 4) is 11.5 Å². The maximum atomic E-state index is 12.5. The molecule has 1 aliphatic carbocycles. The van der Waals surface area contributed by atoms with E-state index in [2.05, 4.69) is 4.57 Å². The summed E-state index contributed by atoms with van der Waals surface area (Å²) in [6, 6.07) is 9.32. The van der Waals surface area contributed by atoms with Crippen molar-refractivity contribution >= 4 is 27.0 Å². The van der Waals surface area contributed by atoms with E-state index in [0.717, 1.165) is 34.7 Å². The highest BCUT2D eigenvalue weighted by molar-refractivity contribution is 7.89. The topological polar surface area (TPSA) is 67.8 Å². The minimum atomic E-state index is -3.50. The largest absolute Gasteiger partial charge is 0.463 e. The number of hydrogen-bond donors (Lipinski definition) is 0. The molecule has 0 N–H and O–H groups in total. The fraction of sp³-hybridized carbons (Fsp3) is 0.316. The highest BCUT2D eigenvalue weighted by Crippen LogP contribution is 2.38. The molecule has 3 aromatic rings. The Morgan fingerprint density at radius 2 is 2.04 bits per heavy atom. The van der Waals surface area contributed by atoms with E-state index in [1.807, 2.05) is 24.4 Å². The molecule has 0 spiro atoms. The van der Waals surface area contributed by atoms with Gasteiger partial charge in [0.2, 0.25) is 10.0 Å². The van der Waals surface area contributed by atoms with Gasteiger partial charge >= 0.3 is 0 Å². The van der Waals surface area contributed by atoms with Gasteiger partial charge < -0.3 is 8.98 Å². The molecular weight excluding hydrogens is 382 g/mol. The van der Waals surface area contributed by atoms with Gasteiger partial charge in [0.15, 0.2) is 10.6 Å². The molecule has 1 fully saturated rings. The highest BCUT2D eigenvalue weighted by Gasteiger charge is 2.28. The summed E-state index contributed by atoms with van der Waals surface area (Å²) >= 11 is 1.54. The van der Waals surface area contributed by atoms with Crippen LogP contribution in [0.25, 0.3) is 11.5 Å². The third kappa shape index (κ3) is 3.40. The summed E-state index contributed by atoms with van der Waals surface area (Å²) in [5.41, 5.74) is 2.61. The molecule has 0 unspecified atom stereocenters. The van der Waals surface area contributed by atoms with Crippen molar-refractivity contribution in [1.29, 1.82) is 0 Å². The van der Waals surface area contributed by atoms with Gasteiger partial charge in [0.25, 0.3) is 0 Å². The van der Waals surface area contributed by atoms with E-state index in [9.17, 15) is 8.42 Å². The number of aromatic nitrogens is 1. The first-order valence-electron chi connectivity index (χ1n) is 8.70. The van der Waals surface area contributed by atoms with Crippen LogP contribution in [-0.4, -0.2) is 31.4 Å². The minimum absolute atomic E-state index is 0.248. The van der Waals surface area contributed by atoms with Crippen molar-refractivity contribution in [3.05, 3.63) is 52.3 Å². The van der Waals surface area contributed by atoms with Crippen LogP contribution in [0.3, 0.4) is 0 Å². The Morgan fingerprint density at radius 1 is 1.26 bits per heavy atom. The summed E-state index contributed by atoms with van der Waals surface area (Å²) in [7, 11) is -0.438. The molecule has 8 heteroatoms. The standard InChI is InChI=1S/C19H21N3O3S2/c1-13-6-9-15(27(23,24)21(2)3)11-16(13)20-19-22(14-7-8-14)17(12-26-19)18-5-4-10-25-18/h4-6,9-12,14H,7-8H2,1-3H3. The van der Waals surface area contributed by atoms with Gasteiger partial charge in [-0.25, -0.2) is 17.7 Å². The molecule has 0 atom stereocenters. The fourth-order valence-electron chi connectivity index (χ4n) is 2.88. The first-order valence-corrected chi connectivity index (χ1v) is 11.0. The Hall–Kier alpha value is -2.16. The number of thiazole rings is 1. The zero-order valence-electron chi connectivity index (χ0n) is 15.4. The Morgan fingerprint density at radius 3 is 2.67 bits per heavy atom. The molecule has 1 aliphatic rings. The summed E-state index contributed by atoms with van der Waals surface area (Å²) < 4.78 is 33.9. The van der Waals surface area contributed by atoms with Crippen molar-refractivity contribution in [2.45, 2.75) is 30.7 Å². The number of sulfonamides is 1. The number of benzene rings is 1. The summed E-state index contributed by atoms with van der Waals surface area (Å²) in [6.45, 7) is 1.94. The molecule has 0 radical (unpaired) electrons. The average molecular weight is 404 g/mol. The molecule has 2 aromatic heterocycles. The summed E-state index contributed by atoms with van der Waals surface area (Å²) in [5, 5.41) is 2.05. The lowest BCUT2D eigenvalue weighted by atomic mass is 10.2. The van der Waals surface area contributed by atoms with E-state index >= 15 is 0 Å². The summed E-state index contributed by atoms with van der Waals surface area (Å²) in [4.78, 5) is 5.92. The number of hydrogen-bond acceptors (Lipinski definition) is 5. The lowest BCUT2D eigenvalue weighted by molar-refractivity contribution is 0.521. The van der Waals surface area contributed by atoms with Gasteiger partial charge in [0.05, 0.1) is 22.5 Å². The van der Waals surface area contributed by atoms with Crippen molar-refractivity contribution in [2.75, 3.05) is 14.1 Å². The van der Waals surface area contributed by atoms with Crippen LogP contribution >= 0.6 is 11.3 Å². The van der Waals surface area contributed by atoms with Crippen LogP contribution in [-0.2, 0) is 10.0 Å². The maximum absolute atomic E-state index is 12.5. The molecule has 0 saturated heterocycles. The van der Waals surface area contributed by atoms with E-state index in [1.165, 1.54) is 18.4 Å². The maximum Gasteiger partial charge on any atom is 0.242 e. The monoisotopic (exact) mass is 403 g/mol. The van der Waals surface area contributed by atoms with Gasteiger partial charge in [-0.3, -0.25) is 0 Å². The van der Waals surface area contributed by atoms with Crippen LogP contribution in [0.15, 0.2) is 56.3 Å².